The van der Waals surface area contributed by atoms with Crippen LogP contribution in [0.1, 0.15) is 18.1 Å². The van der Waals surface area contributed by atoms with Crippen LogP contribution in [0.3, 0.4) is 0 Å². The second-order valence-corrected chi connectivity index (χ2v) is 10.1. The minimum Gasteiger partial charge on any atom is -0.494 e. The molecule has 0 aromatic heterocycles. The van der Waals surface area contributed by atoms with Crippen LogP contribution in [0.2, 0.25) is 0 Å². The number of nitrogens with one attached hydrogen (secondary N) is 1. The van der Waals surface area contributed by atoms with Crippen LogP contribution in [-0.4, -0.2) is 40.0 Å². The highest BCUT2D eigenvalue weighted by Gasteiger charge is 2.36. The van der Waals surface area contributed by atoms with Crippen LogP contribution in [0.25, 0.3) is 6.08 Å². The lowest BCUT2D eigenvalue weighted by molar-refractivity contribution is -0.384. The minimum atomic E-state index is -0.590. The average Bonchev–Trinajstić information content (AvgIpc) is 3.17. The Morgan fingerprint density at radius 1 is 1.08 bits per heavy atom. The molecule has 4 rings (SSSR count). The van der Waals surface area contributed by atoms with Gasteiger partial charge in [-0.25, -0.2) is 0 Å². The number of non-ortho nitro benzene ring substituents is 1. The number of rotatable bonds is 10. The van der Waals surface area contributed by atoms with Gasteiger partial charge in [-0.15, -0.1) is 0 Å². The molecule has 0 radical (unpaired) electrons. The van der Waals surface area contributed by atoms with E-state index in [1.54, 1.807) is 54.6 Å². The Morgan fingerprint density at radius 3 is 2.46 bits per heavy atom. The second-order valence-electron chi connectivity index (χ2n) is 8.17. The summed E-state index contributed by atoms with van der Waals surface area (Å²) in [6.07, 6.45) is 1.53. The Balaban J connectivity index is 1.43. The molecule has 0 bridgehead atoms. The third-order valence-corrected chi connectivity index (χ3v) is 6.82. The molecule has 200 valence electrons. The van der Waals surface area contributed by atoms with E-state index in [0.29, 0.717) is 34.9 Å². The molecule has 1 fully saturated rings. The van der Waals surface area contributed by atoms with Crippen molar-refractivity contribution in [2.45, 2.75) is 13.5 Å². The van der Waals surface area contributed by atoms with Crippen LogP contribution in [0.15, 0.2) is 76.1 Å². The van der Waals surface area contributed by atoms with Crippen LogP contribution in [-0.2, 0) is 16.2 Å². The van der Waals surface area contributed by atoms with E-state index in [1.165, 1.54) is 18.2 Å². The van der Waals surface area contributed by atoms with Crippen LogP contribution >= 0.6 is 27.7 Å². The predicted molar refractivity (Wildman–Crippen MR) is 150 cm³/mol. The fraction of sp³-hybridized carbons (Fsp3) is 0.148. The van der Waals surface area contributed by atoms with Crippen molar-refractivity contribution in [1.29, 1.82) is 0 Å². The first-order chi connectivity index (χ1) is 18.7. The zero-order chi connectivity index (χ0) is 27.9. The lowest BCUT2D eigenvalue weighted by atomic mass is 10.1. The summed E-state index contributed by atoms with van der Waals surface area (Å²) in [5.41, 5.74) is 1.74. The van der Waals surface area contributed by atoms with E-state index in [4.69, 9.17) is 9.47 Å². The van der Waals surface area contributed by atoms with Gasteiger partial charge in [-0.1, -0.05) is 15.9 Å². The topological polar surface area (TPSA) is 128 Å². The minimum absolute atomic E-state index is 0.0213. The summed E-state index contributed by atoms with van der Waals surface area (Å²) in [6.45, 7) is 2.09. The van der Waals surface area contributed by atoms with E-state index in [9.17, 15) is 24.5 Å². The summed E-state index contributed by atoms with van der Waals surface area (Å²) in [5.74, 6) is -0.00256. The molecule has 0 unspecified atom stereocenters. The summed E-state index contributed by atoms with van der Waals surface area (Å²) >= 11 is 4.13. The monoisotopic (exact) mass is 611 g/mol. The molecule has 1 heterocycles. The van der Waals surface area contributed by atoms with E-state index in [2.05, 4.69) is 21.2 Å². The van der Waals surface area contributed by atoms with Crippen LogP contribution in [0.5, 0.6) is 11.5 Å². The zero-order valence-corrected chi connectivity index (χ0v) is 23.0. The van der Waals surface area contributed by atoms with Gasteiger partial charge in [0.2, 0.25) is 5.91 Å². The number of anilines is 1. The predicted octanol–water partition coefficient (Wildman–Crippen LogP) is 6.01. The van der Waals surface area contributed by atoms with E-state index < -0.39 is 28.5 Å². The lowest BCUT2D eigenvalue weighted by Gasteiger charge is -2.13. The van der Waals surface area contributed by atoms with Crippen molar-refractivity contribution in [2.75, 3.05) is 18.5 Å². The molecule has 3 amide bonds. The Morgan fingerprint density at radius 2 is 1.79 bits per heavy atom. The normalized spacial score (nSPS) is 14.0. The first kappa shape index (κ1) is 27.9. The van der Waals surface area contributed by atoms with E-state index in [1.807, 2.05) is 6.92 Å². The van der Waals surface area contributed by atoms with Crippen molar-refractivity contribution in [3.63, 3.8) is 0 Å². The molecule has 39 heavy (non-hydrogen) atoms. The number of hydrogen-bond acceptors (Lipinski definition) is 8. The van der Waals surface area contributed by atoms with Gasteiger partial charge in [-0.3, -0.25) is 29.4 Å². The highest BCUT2D eigenvalue weighted by atomic mass is 79.9. The van der Waals surface area contributed by atoms with E-state index >= 15 is 0 Å². The van der Waals surface area contributed by atoms with Gasteiger partial charge in [0.1, 0.15) is 24.7 Å². The summed E-state index contributed by atoms with van der Waals surface area (Å²) in [6, 6.07) is 17.9. The van der Waals surface area contributed by atoms with E-state index in [-0.39, 0.29) is 17.2 Å². The van der Waals surface area contributed by atoms with Gasteiger partial charge >= 0.3 is 0 Å². The summed E-state index contributed by atoms with van der Waals surface area (Å²) in [5, 5.41) is 13.0. The van der Waals surface area contributed by atoms with Crippen LogP contribution < -0.4 is 14.8 Å². The first-order valence-electron chi connectivity index (χ1n) is 11.7. The lowest BCUT2D eigenvalue weighted by Crippen LogP contribution is -2.36. The molecule has 0 spiro atoms. The van der Waals surface area contributed by atoms with Crippen LogP contribution in [0.4, 0.5) is 16.2 Å². The summed E-state index contributed by atoms with van der Waals surface area (Å²) < 4.78 is 12.0. The molecular weight excluding hydrogens is 590 g/mol. The molecule has 0 saturated carbocycles. The van der Waals surface area contributed by atoms with Crippen molar-refractivity contribution in [1.82, 2.24) is 4.90 Å². The average molecular weight is 612 g/mol. The number of hydrogen-bond donors (Lipinski definition) is 1. The Kier molecular flexibility index (Phi) is 8.99. The molecule has 12 heteroatoms. The maximum atomic E-state index is 13.0. The number of nitro groups is 1. The van der Waals surface area contributed by atoms with Gasteiger partial charge in [0, 0.05) is 27.9 Å². The quantitative estimate of drug-likeness (QED) is 0.168. The van der Waals surface area contributed by atoms with Gasteiger partial charge in [0.05, 0.1) is 16.4 Å². The maximum Gasteiger partial charge on any atom is 0.294 e. The van der Waals surface area contributed by atoms with Gasteiger partial charge in [0.25, 0.3) is 16.8 Å². The largest absolute Gasteiger partial charge is 0.494 e. The van der Waals surface area contributed by atoms with Gasteiger partial charge in [-0.05, 0) is 84.9 Å². The molecule has 1 aliphatic rings. The maximum absolute atomic E-state index is 13.0. The second kappa shape index (κ2) is 12.6. The van der Waals surface area contributed by atoms with Gasteiger partial charge < -0.3 is 14.8 Å². The molecule has 1 saturated heterocycles. The molecule has 0 atom stereocenters. The zero-order valence-electron chi connectivity index (χ0n) is 20.6. The van der Waals surface area contributed by atoms with Gasteiger partial charge in [0.15, 0.2) is 0 Å². The smallest absolute Gasteiger partial charge is 0.294 e. The molecule has 0 aliphatic carbocycles. The Bertz CT molecular complexity index is 1440. The molecule has 3 aromatic carbocycles. The number of carbonyl (C=O) groups is 3. The third kappa shape index (κ3) is 7.24. The molecule has 1 aliphatic heterocycles. The van der Waals surface area contributed by atoms with Gasteiger partial charge in [-0.2, -0.15) is 0 Å². The number of nitro benzene ring substituents is 1. The number of benzene rings is 3. The van der Waals surface area contributed by atoms with Crippen molar-refractivity contribution in [3.8, 4) is 11.5 Å². The fourth-order valence-corrected chi connectivity index (χ4v) is 4.77. The molecule has 3 aromatic rings. The fourth-order valence-electron chi connectivity index (χ4n) is 3.56. The van der Waals surface area contributed by atoms with Crippen molar-refractivity contribution in [3.05, 3.63) is 97.3 Å². The number of amides is 3. The standard InChI is InChI=1S/C27H22BrN3O7S/c1-2-37-22-10-6-20(7-11-22)29-25(32)15-30-26(33)24(39-27(30)34)14-18-13-19(28)5-12-23(18)38-16-17-3-8-21(9-4-17)31(35)36/h3-14H,2,15-16H2,1H3,(H,29,32)/b24-14+. The van der Waals surface area contributed by atoms with Crippen LogP contribution in [0, 0.1) is 10.1 Å². The SMILES string of the molecule is CCOc1ccc(NC(=O)CN2C(=O)S/C(=C/c3cc(Br)ccc3OCc3ccc([N+](=O)[O-])cc3)C2=O)cc1. The highest BCUT2D eigenvalue weighted by molar-refractivity contribution is 9.10. The number of nitrogens with zero attached hydrogens (tertiary/aromatic N) is 2. The van der Waals surface area contributed by atoms with Crippen molar-refractivity contribution >= 4 is 62.2 Å². The van der Waals surface area contributed by atoms with Crippen molar-refractivity contribution < 1.29 is 28.8 Å². The first-order valence-corrected chi connectivity index (χ1v) is 13.3. The number of ether oxygens (including phenoxy) is 2. The van der Waals surface area contributed by atoms with Crippen molar-refractivity contribution in [2.24, 2.45) is 0 Å². The Labute approximate surface area is 236 Å². The summed E-state index contributed by atoms with van der Waals surface area (Å²) in [7, 11) is 0. The Hall–Kier alpha value is -4.16. The molecule has 10 nitrogen and oxygen atoms in total. The summed E-state index contributed by atoms with van der Waals surface area (Å²) in [4.78, 5) is 49.5. The number of halogens is 1. The molecule has 1 N–H and O–H groups in total. The number of thioether (sulfide) groups is 1. The third-order valence-electron chi connectivity index (χ3n) is 5.42. The molecular formula is C27H22BrN3O7S. The number of carbonyl (C=O) groups excluding carboxylic acids is 3. The highest BCUT2D eigenvalue weighted by Crippen LogP contribution is 2.35. The number of imide groups is 1. The van der Waals surface area contributed by atoms with E-state index in [0.717, 1.165) is 21.1 Å².